The lowest BCUT2D eigenvalue weighted by atomic mass is 9.90. The summed E-state index contributed by atoms with van der Waals surface area (Å²) < 4.78 is 0. The molecule has 0 saturated carbocycles. The van der Waals surface area contributed by atoms with E-state index in [9.17, 15) is 9.59 Å². The van der Waals surface area contributed by atoms with Crippen LogP contribution in [-0.2, 0) is 9.59 Å². The van der Waals surface area contributed by atoms with Crippen molar-refractivity contribution >= 4 is 11.9 Å². The van der Waals surface area contributed by atoms with Crippen molar-refractivity contribution in [2.45, 2.75) is 20.0 Å². The van der Waals surface area contributed by atoms with Crippen molar-refractivity contribution in [3.63, 3.8) is 0 Å². The number of hydrogen-bond acceptors (Lipinski definition) is 3. The molecule has 12 heavy (non-hydrogen) atoms. The van der Waals surface area contributed by atoms with E-state index in [1.807, 2.05) is 0 Å². The summed E-state index contributed by atoms with van der Waals surface area (Å²) in [4.78, 5) is 20.7. The number of carboxylic acids is 2. The second-order valence-corrected chi connectivity index (χ2v) is 2.89. The van der Waals surface area contributed by atoms with Crippen molar-refractivity contribution in [2.24, 2.45) is 11.8 Å². The molecule has 0 radical (unpaired) electrons. The second kappa shape index (κ2) is 4.06. The third kappa shape index (κ3) is 2.50. The first-order valence-electron chi connectivity index (χ1n) is 3.51. The van der Waals surface area contributed by atoms with Crippen LogP contribution < -0.4 is 0 Å². The van der Waals surface area contributed by atoms with Crippen molar-refractivity contribution in [1.29, 1.82) is 0 Å². The van der Waals surface area contributed by atoms with Crippen molar-refractivity contribution < 1.29 is 24.9 Å². The lowest BCUT2D eigenvalue weighted by Crippen LogP contribution is -2.37. The predicted octanol–water partition coefficient (Wildman–Crippen LogP) is -0.211. The van der Waals surface area contributed by atoms with Gasteiger partial charge in [0.2, 0.25) is 0 Å². The molecule has 0 aliphatic heterocycles. The monoisotopic (exact) mass is 176 g/mol. The Kier molecular flexibility index (Phi) is 3.69. The number of aliphatic hydroxyl groups excluding tert-OH is 1. The van der Waals surface area contributed by atoms with Gasteiger partial charge in [-0.15, -0.1) is 0 Å². The zero-order valence-electron chi connectivity index (χ0n) is 6.89. The quantitative estimate of drug-likeness (QED) is 0.550. The molecule has 0 amide bonds. The van der Waals surface area contributed by atoms with Gasteiger partial charge in [-0.3, -0.25) is 4.79 Å². The zero-order chi connectivity index (χ0) is 9.89. The van der Waals surface area contributed by atoms with E-state index in [0.29, 0.717) is 0 Å². The highest BCUT2D eigenvalue weighted by Gasteiger charge is 2.34. The van der Waals surface area contributed by atoms with Crippen LogP contribution in [-0.4, -0.2) is 33.4 Å². The van der Waals surface area contributed by atoms with Gasteiger partial charge >= 0.3 is 11.9 Å². The number of rotatable bonds is 4. The fraction of sp³-hybridized carbons (Fsp3) is 0.714. The largest absolute Gasteiger partial charge is 0.481 e. The SMILES string of the molecule is CC(C)C(C(=O)O)C(O)C(=O)O. The molecule has 0 aliphatic carbocycles. The average molecular weight is 176 g/mol. The van der Waals surface area contributed by atoms with E-state index in [4.69, 9.17) is 15.3 Å². The Morgan fingerprint density at radius 3 is 1.58 bits per heavy atom. The van der Waals surface area contributed by atoms with E-state index in [0.717, 1.165) is 0 Å². The van der Waals surface area contributed by atoms with Crippen LogP contribution in [0.5, 0.6) is 0 Å². The van der Waals surface area contributed by atoms with E-state index in [-0.39, 0.29) is 0 Å². The lowest BCUT2D eigenvalue weighted by Gasteiger charge is -2.18. The first-order chi connectivity index (χ1) is 5.37. The molecule has 0 fully saturated rings. The molecule has 0 spiro atoms. The molecule has 2 atom stereocenters. The van der Waals surface area contributed by atoms with Crippen molar-refractivity contribution in [3.05, 3.63) is 0 Å². The van der Waals surface area contributed by atoms with Crippen LogP contribution in [0.3, 0.4) is 0 Å². The molecule has 0 aliphatic rings. The second-order valence-electron chi connectivity index (χ2n) is 2.89. The summed E-state index contributed by atoms with van der Waals surface area (Å²) in [5.41, 5.74) is 0. The van der Waals surface area contributed by atoms with Crippen LogP contribution >= 0.6 is 0 Å². The smallest absolute Gasteiger partial charge is 0.333 e. The molecule has 2 unspecified atom stereocenters. The first kappa shape index (κ1) is 10.9. The number of carbonyl (C=O) groups is 2. The minimum Gasteiger partial charge on any atom is -0.481 e. The Labute approximate surface area is 69.6 Å². The van der Waals surface area contributed by atoms with E-state index in [1.165, 1.54) is 0 Å². The van der Waals surface area contributed by atoms with E-state index in [2.05, 4.69) is 0 Å². The van der Waals surface area contributed by atoms with Crippen LogP contribution in [0.25, 0.3) is 0 Å². The van der Waals surface area contributed by atoms with Gasteiger partial charge in [0.15, 0.2) is 6.10 Å². The van der Waals surface area contributed by atoms with Gasteiger partial charge in [0.1, 0.15) is 0 Å². The summed E-state index contributed by atoms with van der Waals surface area (Å²) in [6, 6.07) is 0. The molecule has 5 nitrogen and oxygen atoms in total. The fourth-order valence-corrected chi connectivity index (χ4v) is 0.938. The van der Waals surface area contributed by atoms with Gasteiger partial charge in [-0.05, 0) is 5.92 Å². The van der Waals surface area contributed by atoms with Gasteiger partial charge in [-0.1, -0.05) is 13.8 Å². The van der Waals surface area contributed by atoms with Gasteiger partial charge in [0, 0.05) is 0 Å². The van der Waals surface area contributed by atoms with Crippen LogP contribution in [0.2, 0.25) is 0 Å². The highest BCUT2D eigenvalue weighted by atomic mass is 16.4. The Morgan fingerprint density at radius 2 is 1.50 bits per heavy atom. The number of carboxylic acid groups (broad SMARTS) is 2. The summed E-state index contributed by atoms with van der Waals surface area (Å²) in [6.07, 6.45) is -1.83. The normalized spacial score (nSPS) is 15.7. The Hall–Kier alpha value is -1.10. The minimum absolute atomic E-state index is 0.409. The molecular formula is C7H12O5. The standard InChI is InChI=1S/C7H12O5/c1-3(2)4(6(9)10)5(8)7(11)12/h3-5,8H,1-2H3,(H,9,10)(H,11,12). The number of hydrogen-bond donors (Lipinski definition) is 3. The Morgan fingerprint density at radius 1 is 1.08 bits per heavy atom. The highest BCUT2D eigenvalue weighted by molar-refractivity contribution is 5.81. The summed E-state index contributed by atoms with van der Waals surface area (Å²) in [5, 5.41) is 25.8. The Bertz CT molecular complexity index is 186. The molecule has 5 heteroatoms. The van der Waals surface area contributed by atoms with Crippen LogP contribution in [0, 0.1) is 11.8 Å². The zero-order valence-corrected chi connectivity index (χ0v) is 6.89. The topological polar surface area (TPSA) is 94.8 Å². The van der Waals surface area contributed by atoms with Crippen LogP contribution in [0.4, 0.5) is 0 Å². The van der Waals surface area contributed by atoms with Gasteiger partial charge < -0.3 is 15.3 Å². The maximum absolute atomic E-state index is 10.5. The van der Waals surface area contributed by atoms with Gasteiger partial charge in [0.05, 0.1) is 5.92 Å². The van der Waals surface area contributed by atoms with E-state index in [1.54, 1.807) is 13.8 Å². The van der Waals surface area contributed by atoms with Crippen molar-refractivity contribution in [2.75, 3.05) is 0 Å². The Balaban J connectivity index is 4.51. The molecule has 0 aromatic carbocycles. The molecule has 0 saturated heterocycles. The minimum atomic E-state index is -1.83. The van der Waals surface area contributed by atoms with Crippen LogP contribution in [0.1, 0.15) is 13.8 Å². The molecule has 3 N–H and O–H groups in total. The number of aliphatic hydroxyl groups is 1. The van der Waals surface area contributed by atoms with Gasteiger partial charge in [-0.2, -0.15) is 0 Å². The maximum atomic E-state index is 10.5. The molecule has 0 rings (SSSR count). The first-order valence-corrected chi connectivity index (χ1v) is 3.51. The molecule has 70 valence electrons. The molecule has 0 heterocycles. The summed E-state index contributed by atoms with van der Waals surface area (Å²) in [5.74, 6) is -4.45. The van der Waals surface area contributed by atoms with E-state index < -0.39 is 29.9 Å². The third-order valence-corrected chi connectivity index (χ3v) is 1.60. The summed E-state index contributed by atoms with van der Waals surface area (Å²) >= 11 is 0. The summed E-state index contributed by atoms with van der Waals surface area (Å²) in [7, 11) is 0. The molecule has 0 aromatic heterocycles. The number of aliphatic carboxylic acids is 2. The van der Waals surface area contributed by atoms with E-state index >= 15 is 0 Å². The van der Waals surface area contributed by atoms with Crippen molar-refractivity contribution in [1.82, 2.24) is 0 Å². The molecule has 0 bridgehead atoms. The third-order valence-electron chi connectivity index (χ3n) is 1.60. The average Bonchev–Trinajstić information content (AvgIpc) is 1.85. The fourth-order valence-electron chi connectivity index (χ4n) is 0.938. The van der Waals surface area contributed by atoms with Gasteiger partial charge in [-0.25, -0.2) is 4.79 Å². The predicted molar refractivity (Wildman–Crippen MR) is 39.6 cm³/mol. The van der Waals surface area contributed by atoms with Gasteiger partial charge in [0.25, 0.3) is 0 Å². The maximum Gasteiger partial charge on any atom is 0.333 e. The molecule has 0 aromatic rings. The summed E-state index contributed by atoms with van der Waals surface area (Å²) in [6.45, 7) is 3.09. The lowest BCUT2D eigenvalue weighted by molar-refractivity contribution is -0.161. The van der Waals surface area contributed by atoms with Crippen molar-refractivity contribution in [3.8, 4) is 0 Å². The van der Waals surface area contributed by atoms with Crippen LogP contribution in [0.15, 0.2) is 0 Å². The highest BCUT2D eigenvalue weighted by Crippen LogP contribution is 2.15. The molecular weight excluding hydrogens is 164 g/mol.